The zero-order chi connectivity index (χ0) is 11.3. The second kappa shape index (κ2) is 6.11. The minimum absolute atomic E-state index is 0.146. The third kappa shape index (κ3) is 3.49. The van der Waals surface area contributed by atoms with E-state index < -0.39 is 0 Å². The first kappa shape index (κ1) is 12.5. The van der Waals surface area contributed by atoms with Crippen molar-refractivity contribution in [2.75, 3.05) is 7.05 Å². The molecule has 3 N–H and O–H groups in total. The van der Waals surface area contributed by atoms with E-state index >= 15 is 0 Å². The summed E-state index contributed by atoms with van der Waals surface area (Å²) >= 11 is 0. The summed E-state index contributed by atoms with van der Waals surface area (Å²) < 4.78 is 0. The Bertz CT molecular complexity index is 195. The maximum atomic E-state index is 7.59. The van der Waals surface area contributed by atoms with Crippen LogP contribution in [0.4, 0.5) is 0 Å². The molecule has 0 spiro atoms. The summed E-state index contributed by atoms with van der Waals surface area (Å²) in [7, 11) is 2.13. The van der Waals surface area contributed by atoms with E-state index in [1.54, 1.807) is 0 Å². The molecule has 0 saturated heterocycles. The van der Waals surface area contributed by atoms with Gasteiger partial charge in [-0.1, -0.05) is 32.6 Å². The lowest BCUT2D eigenvalue weighted by Gasteiger charge is -2.33. The third-order valence-electron chi connectivity index (χ3n) is 3.64. The molecule has 3 heteroatoms. The fourth-order valence-electron chi connectivity index (χ4n) is 2.65. The summed E-state index contributed by atoms with van der Waals surface area (Å²) in [6, 6.07) is 0.787. The minimum Gasteiger partial charge on any atom is -0.386 e. The van der Waals surface area contributed by atoms with Crippen LogP contribution < -0.4 is 5.73 Å². The van der Waals surface area contributed by atoms with E-state index in [1.165, 1.54) is 38.5 Å². The predicted octanol–water partition coefficient (Wildman–Crippen LogP) is 2.36. The van der Waals surface area contributed by atoms with Crippen LogP contribution in [0.5, 0.6) is 0 Å². The molecule has 1 saturated carbocycles. The van der Waals surface area contributed by atoms with E-state index in [9.17, 15) is 0 Å². The van der Waals surface area contributed by atoms with Crippen molar-refractivity contribution in [2.24, 2.45) is 5.73 Å². The fourth-order valence-corrected chi connectivity index (χ4v) is 2.65. The average Bonchev–Trinajstić information content (AvgIpc) is 2.45. The Morgan fingerprint density at radius 2 is 1.87 bits per heavy atom. The van der Waals surface area contributed by atoms with Crippen molar-refractivity contribution in [1.29, 1.82) is 5.41 Å². The smallest absolute Gasteiger partial charge is 0.108 e. The number of amidine groups is 1. The molecule has 3 nitrogen and oxygen atoms in total. The van der Waals surface area contributed by atoms with Gasteiger partial charge < -0.3 is 5.73 Å². The second-order valence-electron chi connectivity index (χ2n) is 4.69. The Morgan fingerprint density at radius 3 is 2.27 bits per heavy atom. The van der Waals surface area contributed by atoms with Crippen LogP contribution in [0, 0.1) is 5.41 Å². The van der Waals surface area contributed by atoms with Crippen LogP contribution in [0.2, 0.25) is 0 Å². The highest BCUT2D eigenvalue weighted by Gasteiger charge is 2.24. The normalized spacial score (nSPS) is 21.3. The van der Waals surface area contributed by atoms with Crippen LogP contribution in [0.25, 0.3) is 0 Å². The molecule has 0 radical (unpaired) electrons. The molecule has 0 aromatic heterocycles. The van der Waals surface area contributed by atoms with E-state index in [2.05, 4.69) is 18.9 Å². The summed E-state index contributed by atoms with van der Waals surface area (Å²) in [6.45, 7) is 2.11. The average molecular weight is 211 g/mol. The minimum atomic E-state index is 0.146. The molecule has 0 bridgehead atoms. The quantitative estimate of drug-likeness (QED) is 0.426. The summed E-state index contributed by atoms with van der Waals surface area (Å²) in [5.74, 6) is 0.323. The molecule has 1 unspecified atom stereocenters. The van der Waals surface area contributed by atoms with Gasteiger partial charge in [0.05, 0.1) is 6.04 Å². The number of hydrogen-bond acceptors (Lipinski definition) is 2. The van der Waals surface area contributed by atoms with Gasteiger partial charge in [0.15, 0.2) is 0 Å². The summed E-state index contributed by atoms with van der Waals surface area (Å²) in [5.41, 5.74) is 5.64. The molecule has 0 aliphatic heterocycles. The highest BCUT2D eigenvalue weighted by Crippen LogP contribution is 2.22. The molecule has 1 rings (SSSR count). The van der Waals surface area contributed by atoms with Crippen LogP contribution in [0.15, 0.2) is 0 Å². The number of likely N-dealkylation sites (N-methyl/N-ethyl adjacent to an activating group) is 1. The Kier molecular flexibility index (Phi) is 5.09. The number of nitrogens with zero attached hydrogens (tertiary/aromatic N) is 1. The van der Waals surface area contributed by atoms with Gasteiger partial charge in [-0.25, -0.2) is 0 Å². The maximum Gasteiger partial charge on any atom is 0.108 e. The standard InChI is InChI=1S/C12H25N3/c1-3-11(12(13)14)15(2)10-8-6-4-5-7-9-10/h10-11H,3-9H2,1-2H3,(H3,13,14). The van der Waals surface area contributed by atoms with E-state index in [0.29, 0.717) is 11.9 Å². The first-order valence-electron chi connectivity index (χ1n) is 6.22. The molecular weight excluding hydrogens is 186 g/mol. The zero-order valence-electron chi connectivity index (χ0n) is 10.1. The number of nitrogens with two attached hydrogens (primary N) is 1. The molecule has 1 atom stereocenters. The third-order valence-corrected chi connectivity index (χ3v) is 3.64. The van der Waals surface area contributed by atoms with E-state index in [4.69, 9.17) is 11.1 Å². The topological polar surface area (TPSA) is 53.1 Å². The van der Waals surface area contributed by atoms with Crippen LogP contribution in [-0.4, -0.2) is 29.9 Å². The highest BCUT2D eigenvalue weighted by atomic mass is 15.2. The highest BCUT2D eigenvalue weighted by molar-refractivity contribution is 5.82. The molecular formula is C12H25N3. The van der Waals surface area contributed by atoms with E-state index in [-0.39, 0.29) is 6.04 Å². The van der Waals surface area contributed by atoms with Crippen LogP contribution in [-0.2, 0) is 0 Å². The van der Waals surface area contributed by atoms with Gasteiger partial charge in [-0.05, 0) is 26.3 Å². The van der Waals surface area contributed by atoms with E-state index in [1.807, 2.05) is 0 Å². The molecule has 1 fully saturated rings. The Morgan fingerprint density at radius 1 is 1.33 bits per heavy atom. The van der Waals surface area contributed by atoms with Gasteiger partial charge in [-0.2, -0.15) is 0 Å². The molecule has 88 valence electrons. The second-order valence-corrected chi connectivity index (χ2v) is 4.69. The molecule has 0 aromatic carbocycles. The van der Waals surface area contributed by atoms with Crippen LogP contribution in [0.3, 0.4) is 0 Å². The van der Waals surface area contributed by atoms with Gasteiger partial charge in [-0.3, -0.25) is 10.3 Å². The van der Waals surface area contributed by atoms with Crippen LogP contribution >= 0.6 is 0 Å². The summed E-state index contributed by atoms with van der Waals surface area (Å²) in [4.78, 5) is 2.33. The number of rotatable bonds is 4. The molecule has 0 amide bonds. The molecule has 0 aromatic rings. The first-order chi connectivity index (χ1) is 7.16. The van der Waals surface area contributed by atoms with E-state index in [0.717, 1.165) is 6.42 Å². The van der Waals surface area contributed by atoms with Crippen molar-refractivity contribution >= 4 is 5.84 Å². The SMILES string of the molecule is CCC(C(=N)N)N(C)C1CCCCCC1. The Hall–Kier alpha value is -0.570. The summed E-state index contributed by atoms with van der Waals surface area (Å²) in [6.07, 6.45) is 8.93. The maximum absolute atomic E-state index is 7.59. The van der Waals surface area contributed by atoms with Gasteiger partial charge in [0.25, 0.3) is 0 Å². The van der Waals surface area contributed by atoms with Gasteiger partial charge in [-0.15, -0.1) is 0 Å². The van der Waals surface area contributed by atoms with Crippen molar-refractivity contribution in [3.63, 3.8) is 0 Å². The lowest BCUT2D eigenvalue weighted by atomic mass is 10.0. The lowest BCUT2D eigenvalue weighted by Crippen LogP contribution is -2.46. The molecule has 1 aliphatic rings. The van der Waals surface area contributed by atoms with Gasteiger partial charge in [0, 0.05) is 6.04 Å². The fraction of sp³-hybridized carbons (Fsp3) is 0.917. The summed E-state index contributed by atoms with van der Waals surface area (Å²) in [5, 5.41) is 7.59. The van der Waals surface area contributed by atoms with Crippen molar-refractivity contribution in [1.82, 2.24) is 4.90 Å². The van der Waals surface area contributed by atoms with Crippen LogP contribution in [0.1, 0.15) is 51.9 Å². The van der Waals surface area contributed by atoms with Gasteiger partial charge >= 0.3 is 0 Å². The van der Waals surface area contributed by atoms with Crippen molar-refractivity contribution in [3.8, 4) is 0 Å². The van der Waals surface area contributed by atoms with Gasteiger partial charge in [0.1, 0.15) is 5.84 Å². The monoisotopic (exact) mass is 211 g/mol. The molecule has 15 heavy (non-hydrogen) atoms. The number of hydrogen-bond donors (Lipinski definition) is 2. The molecule has 0 heterocycles. The van der Waals surface area contributed by atoms with Crippen molar-refractivity contribution in [3.05, 3.63) is 0 Å². The van der Waals surface area contributed by atoms with Crippen molar-refractivity contribution < 1.29 is 0 Å². The van der Waals surface area contributed by atoms with Crippen molar-refractivity contribution in [2.45, 2.75) is 64.0 Å². The predicted molar refractivity (Wildman–Crippen MR) is 65.2 cm³/mol. The largest absolute Gasteiger partial charge is 0.386 e. The first-order valence-corrected chi connectivity index (χ1v) is 6.22. The lowest BCUT2D eigenvalue weighted by molar-refractivity contribution is 0.190. The zero-order valence-corrected chi connectivity index (χ0v) is 10.1. The van der Waals surface area contributed by atoms with Gasteiger partial charge in [0.2, 0.25) is 0 Å². The molecule has 1 aliphatic carbocycles. The Balaban J connectivity index is 2.55. The Labute approximate surface area is 93.5 Å². The number of nitrogens with one attached hydrogen (secondary N) is 1.